The lowest BCUT2D eigenvalue weighted by atomic mass is 10.2. The largest absolute Gasteiger partial charge is 0.497 e. The van der Waals surface area contributed by atoms with Gasteiger partial charge in [-0.05, 0) is 38.1 Å². The summed E-state index contributed by atoms with van der Waals surface area (Å²) in [4.78, 5) is 29.3. The van der Waals surface area contributed by atoms with Gasteiger partial charge in [0.05, 0.1) is 14.2 Å². The number of hydrogen-bond acceptors (Lipinski definition) is 4. The number of amides is 2. The maximum atomic E-state index is 12.5. The average molecular weight is 363 g/mol. The van der Waals surface area contributed by atoms with Crippen molar-refractivity contribution in [3.05, 3.63) is 24.3 Å². The van der Waals surface area contributed by atoms with Crippen LogP contribution in [0.1, 0.15) is 13.8 Å². The maximum absolute atomic E-state index is 12.5. The highest BCUT2D eigenvalue weighted by molar-refractivity contribution is 5.79. The first-order chi connectivity index (χ1) is 12.4. The van der Waals surface area contributed by atoms with E-state index in [2.05, 4.69) is 10.2 Å². The van der Waals surface area contributed by atoms with Gasteiger partial charge in [-0.1, -0.05) is 0 Å². The van der Waals surface area contributed by atoms with E-state index in [1.807, 2.05) is 50.1 Å². The van der Waals surface area contributed by atoms with Gasteiger partial charge in [-0.2, -0.15) is 0 Å². The molecule has 0 spiro atoms. The molecule has 1 heterocycles. The van der Waals surface area contributed by atoms with Crippen molar-refractivity contribution in [1.29, 1.82) is 0 Å². The number of benzene rings is 1. The Morgan fingerprint density at radius 2 is 1.73 bits per heavy atom. The molecule has 1 fully saturated rings. The van der Waals surface area contributed by atoms with Crippen LogP contribution >= 0.6 is 0 Å². The number of rotatable bonds is 7. The van der Waals surface area contributed by atoms with E-state index in [4.69, 9.17) is 4.74 Å². The minimum absolute atomic E-state index is 0.0189. The van der Waals surface area contributed by atoms with Gasteiger partial charge in [0.2, 0.25) is 0 Å². The van der Waals surface area contributed by atoms with E-state index in [1.165, 1.54) is 0 Å². The summed E-state index contributed by atoms with van der Waals surface area (Å²) >= 11 is 0. The summed E-state index contributed by atoms with van der Waals surface area (Å²) in [5, 5.41) is 2.86. The topological polar surface area (TPSA) is 66.3 Å². The molecular formula is C19H31N4O3+. The van der Waals surface area contributed by atoms with Gasteiger partial charge in [0.1, 0.15) is 5.75 Å². The van der Waals surface area contributed by atoms with E-state index in [1.54, 1.807) is 7.11 Å². The molecule has 1 aliphatic rings. The zero-order chi connectivity index (χ0) is 19.1. The predicted molar refractivity (Wildman–Crippen MR) is 102 cm³/mol. The smallest absolute Gasteiger partial charge is 0.277 e. The number of quaternary nitrogens is 1. The van der Waals surface area contributed by atoms with E-state index < -0.39 is 0 Å². The number of ether oxygens (including phenoxy) is 1. The first-order valence-electron chi connectivity index (χ1n) is 9.16. The number of hydrogen-bond donors (Lipinski definition) is 2. The van der Waals surface area contributed by atoms with Gasteiger partial charge >= 0.3 is 0 Å². The lowest BCUT2D eigenvalue weighted by Crippen LogP contribution is -3.11. The molecule has 7 nitrogen and oxygen atoms in total. The van der Waals surface area contributed by atoms with Crippen molar-refractivity contribution in [2.75, 3.05) is 58.3 Å². The van der Waals surface area contributed by atoms with E-state index in [0.29, 0.717) is 26.2 Å². The number of carbonyl (C=O) groups is 2. The van der Waals surface area contributed by atoms with E-state index in [9.17, 15) is 9.59 Å². The normalized spacial score (nSPS) is 15.7. The molecule has 144 valence electrons. The van der Waals surface area contributed by atoms with Crippen molar-refractivity contribution in [3.8, 4) is 5.75 Å². The molecule has 2 N–H and O–H groups in total. The van der Waals surface area contributed by atoms with Gasteiger partial charge < -0.3 is 24.8 Å². The van der Waals surface area contributed by atoms with Crippen molar-refractivity contribution in [2.24, 2.45) is 0 Å². The zero-order valence-electron chi connectivity index (χ0n) is 16.2. The Bertz CT molecular complexity index is 595. The van der Waals surface area contributed by atoms with Gasteiger partial charge in [-0.25, -0.2) is 0 Å². The second-order valence-corrected chi connectivity index (χ2v) is 7.10. The second-order valence-electron chi connectivity index (χ2n) is 7.10. The fourth-order valence-corrected chi connectivity index (χ4v) is 3.09. The van der Waals surface area contributed by atoms with E-state index >= 15 is 0 Å². The molecule has 1 atom stereocenters. The van der Waals surface area contributed by atoms with E-state index in [0.717, 1.165) is 29.4 Å². The molecule has 0 radical (unpaired) electrons. The Hall–Kier alpha value is -2.28. The SMILES string of the molecule is COc1ccc(N2CCN(C(=O)C[NH+](C)CC(=O)NC(C)C)CC2)cc1. The van der Waals surface area contributed by atoms with Crippen LogP contribution in [0, 0.1) is 0 Å². The van der Waals surface area contributed by atoms with Gasteiger partial charge in [0, 0.05) is 37.9 Å². The molecule has 1 aliphatic heterocycles. The minimum atomic E-state index is -0.0189. The maximum Gasteiger partial charge on any atom is 0.277 e. The number of anilines is 1. The van der Waals surface area contributed by atoms with Crippen LogP contribution in [0.25, 0.3) is 0 Å². The van der Waals surface area contributed by atoms with Crippen LogP contribution in [0.3, 0.4) is 0 Å². The summed E-state index contributed by atoms with van der Waals surface area (Å²) in [6.07, 6.45) is 0. The Balaban J connectivity index is 1.77. The van der Waals surface area contributed by atoms with Crippen LogP contribution in [-0.2, 0) is 9.59 Å². The Morgan fingerprint density at radius 1 is 1.12 bits per heavy atom. The second kappa shape index (κ2) is 9.43. The highest BCUT2D eigenvalue weighted by Crippen LogP contribution is 2.20. The third kappa shape index (κ3) is 5.91. The molecule has 2 rings (SSSR count). The summed E-state index contributed by atoms with van der Waals surface area (Å²) < 4.78 is 5.19. The fraction of sp³-hybridized carbons (Fsp3) is 0.579. The highest BCUT2D eigenvalue weighted by atomic mass is 16.5. The Labute approximate surface area is 155 Å². The first kappa shape index (κ1) is 20.0. The van der Waals surface area contributed by atoms with Crippen molar-refractivity contribution in [1.82, 2.24) is 10.2 Å². The summed E-state index contributed by atoms with van der Waals surface area (Å²) in [5.41, 5.74) is 1.14. The van der Waals surface area contributed by atoms with Gasteiger partial charge in [-0.3, -0.25) is 9.59 Å². The first-order valence-corrected chi connectivity index (χ1v) is 9.16. The molecule has 1 unspecified atom stereocenters. The quantitative estimate of drug-likeness (QED) is 0.678. The van der Waals surface area contributed by atoms with Crippen molar-refractivity contribution < 1.29 is 19.2 Å². The molecule has 7 heteroatoms. The number of likely N-dealkylation sites (N-methyl/N-ethyl adjacent to an activating group) is 1. The molecule has 1 aromatic carbocycles. The van der Waals surface area contributed by atoms with Gasteiger partial charge in [0.25, 0.3) is 11.8 Å². The molecule has 2 amide bonds. The summed E-state index contributed by atoms with van der Waals surface area (Å²) in [6, 6.07) is 8.11. The highest BCUT2D eigenvalue weighted by Gasteiger charge is 2.24. The molecule has 1 aromatic rings. The molecular weight excluding hydrogens is 332 g/mol. The fourth-order valence-electron chi connectivity index (χ4n) is 3.09. The molecule has 1 saturated heterocycles. The number of carbonyl (C=O) groups excluding carboxylic acids is 2. The van der Waals surface area contributed by atoms with Crippen LogP contribution in [0.15, 0.2) is 24.3 Å². The Kier molecular flexibility index (Phi) is 7.26. The summed E-state index contributed by atoms with van der Waals surface area (Å²) in [6.45, 7) is 7.55. The number of methoxy groups -OCH3 is 1. The van der Waals surface area contributed by atoms with Gasteiger partial charge in [0.15, 0.2) is 13.1 Å². The van der Waals surface area contributed by atoms with E-state index in [-0.39, 0.29) is 17.9 Å². The zero-order valence-corrected chi connectivity index (χ0v) is 16.2. The van der Waals surface area contributed by atoms with Crippen LogP contribution in [-0.4, -0.2) is 76.2 Å². The minimum Gasteiger partial charge on any atom is -0.497 e. The lowest BCUT2D eigenvalue weighted by molar-refractivity contribution is -0.863. The van der Waals surface area contributed by atoms with Crippen LogP contribution in [0.2, 0.25) is 0 Å². The molecule has 0 aromatic heterocycles. The number of nitrogens with one attached hydrogen (secondary N) is 2. The molecule has 0 aliphatic carbocycles. The number of piperazine rings is 1. The van der Waals surface area contributed by atoms with Crippen LogP contribution < -0.4 is 19.9 Å². The Morgan fingerprint density at radius 3 is 2.27 bits per heavy atom. The number of nitrogens with zero attached hydrogens (tertiary/aromatic N) is 2. The molecule has 0 saturated carbocycles. The van der Waals surface area contributed by atoms with Crippen LogP contribution in [0.5, 0.6) is 5.75 Å². The standard InChI is InChI=1S/C19H30N4O3/c1-15(2)20-18(24)13-21(3)14-19(25)23-11-9-22(10-12-23)16-5-7-17(26-4)8-6-16/h5-8,15H,9-14H2,1-4H3,(H,20,24)/p+1. The van der Waals surface area contributed by atoms with Crippen molar-refractivity contribution in [2.45, 2.75) is 19.9 Å². The molecule has 26 heavy (non-hydrogen) atoms. The van der Waals surface area contributed by atoms with Gasteiger partial charge in [-0.15, -0.1) is 0 Å². The monoisotopic (exact) mass is 363 g/mol. The average Bonchev–Trinajstić information content (AvgIpc) is 2.61. The van der Waals surface area contributed by atoms with Crippen molar-refractivity contribution in [3.63, 3.8) is 0 Å². The van der Waals surface area contributed by atoms with Crippen LogP contribution in [0.4, 0.5) is 5.69 Å². The third-order valence-corrected chi connectivity index (χ3v) is 4.43. The third-order valence-electron chi connectivity index (χ3n) is 4.43. The molecule has 0 bridgehead atoms. The lowest BCUT2D eigenvalue weighted by Gasteiger charge is -2.36. The van der Waals surface area contributed by atoms with Crippen molar-refractivity contribution >= 4 is 17.5 Å². The summed E-state index contributed by atoms with van der Waals surface area (Å²) in [7, 11) is 3.54. The predicted octanol–water partition coefficient (Wildman–Crippen LogP) is -0.617. The summed E-state index contributed by atoms with van der Waals surface area (Å²) in [5.74, 6) is 0.930.